The summed E-state index contributed by atoms with van der Waals surface area (Å²) in [5.41, 5.74) is 1.80. The Hall–Kier alpha value is -1.32. The van der Waals surface area contributed by atoms with Crippen molar-refractivity contribution in [2.45, 2.75) is 18.8 Å². The highest BCUT2D eigenvalue weighted by atomic mass is 79.9. The molecule has 1 atom stereocenters. The monoisotopic (exact) mass is 352 g/mol. The number of hydrogen-bond donors (Lipinski definition) is 1. The van der Waals surface area contributed by atoms with Gasteiger partial charge in [-0.15, -0.1) is 0 Å². The molecule has 4 heteroatoms. The Bertz CT molecular complexity index is 599. The summed E-state index contributed by atoms with van der Waals surface area (Å²) in [6.07, 6.45) is 1.17. The summed E-state index contributed by atoms with van der Waals surface area (Å²) < 4.78 is 0.920. The second-order valence-electron chi connectivity index (χ2n) is 4.58. The fraction of sp³-hybridized carbons (Fsp3) is 0.188. The molecule has 0 bridgehead atoms. The first-order chi connectivity index (χ1) is 9.58. The number of rotatable bonds is 5. The van der Waals surface area contributed by atoms with Gasteiger partial charge < -0.3 is 5.11 Å². The zero-order valence-corrected chi connectivity index (χ0v) is 13.1. The Kier molecular flexibility index (Phi) is 5.21. The summed E-state index contributed by atoms with van der Waals surface area (Å²) in [6, 6.07) is 15.0. The number of aliphatic carboxylic acids is 1. The number of hydrogen-bond acceptors (Lipinski definition) is 1. The zero-order chi connectivity index (χ0) is 14.5. The SMILES string of the molecule is O=C(O)C(CCc1ccc(Br)cc1Cl)c1ccccc1. The largest absolute Gasteiger partial charge is 0.481 e. The quantitative estimate of drug-likeness (QED) is 0.830. The fourth-order valence-corrected chi connectivity index (χ4v) is 2.91. The van der Waals surface area contributed by atoms with E-state index in [9.17, 15) is 9.90 Å². The lowest BCUT2D eigenvalue weighted by Crippen LogP contribution is -2.12. The van der Waals surface area contributed by atoms with Crippen molar-refractivity contribution in [3.8, 4) is 0 Å². The van der Waals surface area contributed by atoms with Crippen LogP contribution in [0.5, 0.6) is 0 Å². The van der Waals surface area contributed by atoms with Crippen LogP contribution in [0.1, 0.15) is 23.5 Å². The molecule has 20 heavy (non-hydrogen) atoms. The van der Waals surface area contributed by atoms with E-state index in [0.29, 0.717) is 17.9 Å². The van der Waals surface area contributed by atoms with Crippen LogP contribution in [0.3, 0.4) is 0 Å². The maximum Gasteiger partial charge on any atom is 0.310 e. The molecular weight excluding hydrogens is 340 g/mol. The minimum Gasteiger partial charge on any atom is -0.481 e. The van der Waals surface area contributed by atoms with Crippen LogP contribution in [0, 0.1) is 0 Å². The van der Waals surface area contributed by atoms with Crippen molar-refractivity contribution < 1.29 is 9.90 Å². The zero-order valence-electron chi connectivity index (χ0n) is 10.7. The van der Waals surface area contributed by atoms with Crippen molar-refractivity contribution in [3.63, 3.8) is 0 Å². The maximum absolute atomic E-state index is 11.4. The predicted octanol–water partition coefficient (Wildman–Crippen LogP) is 4.90. The van der Waals surface area contributed by atoms with Crippen molar-refractivity contribution in [2.75, 3.05) is 0 Å². The van der Waals surface area contributed by atoms with Crippen LogP contribution in [0.4, 0.5) is 0 Å². The molecule has 0 amide bonds. The lowest BCUT2D eigenvalue weighted by atomic mass is 9.92. The Morgan fingerprint density at radius 3 is 2.50 bits per heavy atom. The minimum absolute atomic E-state index is 0.504. The molecule has 0 aliphatic carbocycles. The van der Waals surface area contributed by atoms with Gasteiger partial charge in [-0.1, -0.05) is 63.9 Å². The third-order valence-corrected chi connectivity index (χ3v) is 4.06. The molecule has 0 aliphatic heterocycles. The average Bonchev–Trinajstić information content (AvgIpc) is 2.42. The molecule has 2 aromatic rings. The summed E-state index contributed by atoms with van der Waals surface area (Å²) >= 11 is 9.52. The van der Waals surface area contributed by atoms with E-state index in [2.05, 4.69) is 15.9 Å². The molecule has 1 unspecified atom stereocenters. The van der Waals surface area contributed by atoms with Gasteiger partial charge in [-0.25, -0.2) is 0 Å². The van der Waals surface area contributed by atoms with Crippen molar-refractivity contribution in [2.24, 2.45) is 0 Å². The van der Waals surface area contributed by atoms with Crippen LogP contribution < -0.4 is 0 Å². The third-order valence-electron chi connectivity index (χ3n) is 3.22. The number of aryl methyl sites for hydroxylation is 1. The number of benzene rings is 2. The molecule has 104 valence electrons. The Morgan fingerprint density at radius 1 is 1.20 bits per heavy atom. The molecule has 0 saturated heterocycles. The van der Waals surface area contributed by atoms with E-state index >= 15 is 0 Å². The van der Waals surface area contributed by atoms with Crippen LogP contribution in [0.2, 0.25) is 5.02 Å². The minimum atomic E-state index is -0.801. The molecule has 0 fully saturated rings. The van der Waals surface area contributed by atoms with Gasteiger partial charge in [0.2, 0.25) is 0 Å². The van der Waals surface area contributed by atoms with E-state index in [1.807, 2.05) is 48.5 Å². The summed E-state index contributed by atoms with van der Waals surface area (Å²) in [5.74, 6) is -1.31. The van der Waals surface area contributed by atoms with E-state index in [0.717, 1.165) is 15.6 Å². The molecule has 1 N–H and O–H groups in total. The van der Waals surface area contributed by atoms with Gasteiger partial charge >= 0.3 is 5.97 Å². The summed E-state index contributed by atoms with van der Waals surface area (Å²) in [5, 5.41) is 10.0. The molecule has 0 heterocycles. The second kappa shape index (κ2) is 6.91. The van der Waals surface area contributed by atoms with Gasteiger partial charge in [0, 0.05) is 9.50 Å². The third kappa shape index (κ3) is 3.84. The van der Waals surface area contributed by atoms with Gasteiger partial charge in [-0.3, -0.25) is 4.79 Å². The second-order valence-corrected chi connectivity index (χ2v) is 5.90. The van der Waals surface area contributed by atoms with Crippen LogP contribution in [-0.2, 0) is 11.2 Å². The highest BCUT2D eigenvalue weighted by Gasteiger charge is 2.19. The van der Waals surface area contributed by atoms with Crippen molar-refractivity contribution in [1.29, 1.82) is 0 Å². The molecule has 2 rings (SSSR count). The number of carboxylic acids is 1. The van der Waals surface area contributed by atoms with Crippen LogP contribution >= 0.6 is 27.5 Å². The van der Waals surface area contributed by atoms with E-state index < -0.39 is 11.9 Å². The van der Waals surface area contributed by atoms with Crippen LogP contribution in [-0.4, -0.2) is 11.1 Å². The van der Waals surface area contributed by atoms with E-state index in [4.69, 9.17) is 11.6 Å². The molecule has 0 saturated carbocycles. The van der Waals surface area contributed by atoms with Gasteiger partial charge in [0.25, 0.3) is 0 Å². The summed E-state index contributed by atoms with van der Waals surface area (Å²) in [7, 11) is 0. The molecule has 0 radical (unpaired) electrons. The average molecular weight is 354 g/mol. The van der Waals surface area contributed by atoms with Crippen molar-refractivity contribution in [3.05, 3.63) is 69.2 Å². The number of carboxylic acid groups (broad SMARTS) is 1. The number of carbonyl (C=O) groups is 1. The van der Waals surface area contributed by atoms with Crippen molar-refractivity contribution in [1.82, 2.24) is 0 Å². The molecular formula is C16H14BrClO2. The van der Waals surface area contributed by atoms with Gasteiger partial charge in [0.15, 0.2) is 0 Å². The summed E-state index contributed by atoms with van der Waals surface area (Å²) in [4.78, 5) is 11.4. The molecule has 0 aliphatic rings. The Balaban J connectivity index is 2.12. The molecule has 2 nitrogen and oxygen atoms in total. The highest BCUT2D eigenvalue weighted by molar-refractivity contribution is 9.10. The van der Waals surface area contributed by atoms with Crippen molar-refractivity contribution >= 4 is 33.5 Å². The van der Waals surface area contributed by atoms with Gasteiger partial charge in [-0.05, 0) is 36.1 Å². The predicted molar refractivity (Wildman–Crippen MR) is 84.3 cm³/mol. The van der Waals surface area contributed by atoms with Crippen LogP contribution in [0.25, 0.3) is 0 Å². The normalized spacial score (nSPS) is 12.1. The van der Waals surface area contributed by atoms with Gasteiger partial charge in [0.05, 0.1) is 5.92 Å². The van der Waals surface area contributed by atoms with E-state index in [1.54, 1.807) is 0 Å². The van der Waals surface area contributed by atoms with Gasteiger partial charge in [-0.2, -0.15) is 0 Å². The standard InChI is InChI=1S/C16H14BrClO2/c17-13-8-6-12(15(18)10-13)7-9-14(16(19)20)11-4-2-1-3-5-11/h1-6,8,10,14H,7,9H2,(H,19,20). The first-order valence-electron chi connectivity index (χ1n) is 6.29. The first-order valence-corrected chi connectivity index (χ1v) is 7.46. The Labute approximate surface area is 131 Å². The molecule has 2 aromatic carbocycles. The lowest BCUT2D eigenvalue weighted by molar-refractivity contribution is -0.138. The summed E-state index contributed by atoms with van der Waals surface area (Å²) in [6.45, 7) is 0. The smallest absolute Gasteiger partial charge is 0.310 e. The highest BCUT2D eigenvalue weighted by Crippen LogP contribution is 2.26. The van der Waals surface area contributed by atoms with Crippen LogP contribution in [0.15, 0.2) is 53.0 Å². The molecule has 0 spiro atoms. The first kappa shape index (κ1) is 15.1. The van der Waals surface area contributed by atoms with Gasteiger partial charge in [0.1, 0.15) is 0 Å². The lowest BCUT2D eigenvalue weighted by Gasteiger charge is -2.13. The van der Waals surface area contributed by atoms with E-state index in [1.165, 1.54) is 0 Å². The fourth-order valence-electron chi connectivity index (χ4n) is 2.14. The molecule has 0 aromatic heterocycles. The maximum atomic E-state index is 11.4. The number of halogens is 2. The Morgan fingerprint density at radius 2 is 1.90 bits per heavy atom. The topological polar surface area (TPSA) is 37.3 Å². The van der Waals surface area contributed by atoms with E-state index in [-0.39, 0.29) is 0 Å².